The van der Waals surface area contributed by atoms with E-state index in [1.807, 2.05) is 48.5 Å². The first kappa shape index (κ1) is 34.0. The van der Waals surface area contributed by atoms with Gasteiger partial charge in [0.05, 0.1) is 5.02 Å². The molecule has 0 bridgehead atoms. The van der Waals surface area contributed by atoms with Crippen LogP contribution in [0.4, 0.5) is 22.0 Å². The summed E-state index contributed by atoms with van der Waals surface area (Å²) < 4.78 is 84.7. The fraction of sp³-hybridized carbons (Fsp3) is 0.0323. The van der Waals surface area contributed by atoms with Crippen LogP contribution in [0.1, 0.15) is 0 Å². The highest BCUT2D eigenvalue weighted by Gasteiger charge is 2.44. The third kappa shape index (κ3) is 9.54. The molecule has 5 rings (SSSR count). The Balaban J connectivity index is 0.000000488. The van der Waals surface area contributed by atoms with Crippen LogP contribution in [-0.4, -0.2) is 18.5 Å². The maximum absolute atomic E-state index is 13.6. The fourth-order valence-corrected chi connectivity index (χ4v) is 7.96. The van der Waals surface area contributed by atoms with Gasteiger partial charge in [-0.05, 0) is 90.6 Å². The average molecular weight is 699 g/mol. The minimum absolute atomic E-state index is 0.274. The van der Waals surface area contributed by atoms with E-state index in [1.54, 1.807) is 23.5 Å². The molecule has 0 fully saturated rings. The first-order chi connectivity index (χ1) is 20.8. The van der Waals surface area contributed by atoms with E-state index >= 15 is 0 Å². The number of benzene rings is 5. The van der Waals surface area contributed by atoms with Crippen LogP contribution < -0.4 is 15.9 Å². The van der Waals surface area contributed by atoms with E-state index in [-0.39, 0.29) is 11.6 Å². The second-order valence-corrected chi connectivity index (χ2v) is 15.1. The summed E-state index contributed by atoms with van der Waals surface area (Å²) in [6, 6.07) is 37.8. The summed E-state index contributed by atoms with van der Waals surface area (Å²) in [6.07, 6.45) is 0. The minimum Gasteiger partial charge on any atom is -0.279 e. The lowest BCUT2D eigenvalue weighted by Gasteiger charge is -2.19. The van der Waals surface area contributed by atoms with Gasteiger partial charge in [-0.1, -0.05) is 89.7 Å². The first-order valence-electron chi connectivity index (χ1n) is 12.5. The van der Waals surface area contributed by atoms with E-state index in [9.17, 15) is 22.0 Å². The van der Waals surface area contributed by atoms with Gasteiger partial charge < -0.3 is 0 Å². The Morgan fingerprint density at radius 2 is 1.02 bits per heavy atom. The second-order valence-electron chi connectivity index (χ2n) is 8.81. The molecular formula is C31H21ClF5O3PS3. The number of alkyl halides is 3. The Kier molecular flexibility index (Phi) is 11.5. The topological polar surface area (TPSA) is 54.4 Å². The van der Waals surface area contributed by atoms with E-state index in [2.05, 4.69) is 48.5 Å². The van der Waals surface area contributed by atoms with Crippen LogP contribution in [0.3, 0.4) is 0 Å². The van der Waals surface area contributed by atoms with Gasteiger partial charge in [0.2, 0.25) is 0 Å². The minimum atomic E-state index is -5.84. The molecule has 1 N–H and O–H groups in total. The summed E-state index contributed by atoms with van der Waals surface area (Å²) in [6.45, 7) is 0. The molecule has 0 aliphatic carbocycles. The van der Waals surface area contributed by atoms with Gasteiger partial charge >= 0.3 is 15.6 Å². The van der Waals surface area contributed by atoms with Gasteiger partial charge in [-0.25, -0.2) is 8.78 Å². The smallest absolute Gasteiger partial charge is 0.279 e. The molecule has 0 radical (unpaired) electrons. The lowest BCUT2D eigenvalue weighted by molar-refractivity contribution is -0.0510. The molecule has 3 nitrogen and oxygen atoms in total. The van der Waals surface area contributed by atoms with Crippen molar-refractivity contribution in [1.29, 1.82) is 0 Å². The van der Waals surface area contributed by atoms with Crippen LogP contribution in [0.15, 0.2) is 141 Å². The van der Waals surface area contributed by atoms with Crippen molar-refractivity contribution >= 4 is 69.1 Å². The van der Waals surface area contributed by atoms with Crippen molar-refractivity contribution in [2.45, 2.75) is 25.1 Å². The van der Waals surface area contributed by atoms with Crippen molar-refractivity contribution in [1.82, 2.24) is 0 Å². The van der Waals surface area contributed by atoms with E-state index < -0.39 is 23.5 Å². The number of rotatable bonds is 7. The van der Waals surface area contributed by atoms with E-state index in [1.165, 1.54) is 29.2 Å². The Bertz CT molecular complexity index is 1740. The van der Waals surface area contributed by atoms with E-state index in [0.29, 0.717) is 5.02 Å². The summed E-state index contributed by atoms with van der Waals surface area (Å²) in [4.78, 5) is 4.32. The lowest BCUT2D eigenvalue weighted by Crippen LogP contribution is -2.21. The van der Waals surface area contributed by atoms with Crippen LogP contribution in [0.5, 0.6) is 0 Å². The quantitative estimate of drug-likeness (QED) is 0.0796. The molecule has 0 aliphatic rings. The zero-order valence-electron chi connectivity index (χ0n) is 22.3. The fourth-order valence-electron chi connectivity index (χ4n) is 3.67. The van der Waals surface area contributed by atoms with Crippen molar-refractivity contribution in [2.24, 2.45) is 0 Å². The standard InChI is InChI=1S/C30H20ClF2PS2.CHF3O3S/c31-29-20-28(35-26-4-2-1-3-5-26)18-19-30(29)36-27-16-14-25(15-17-27)34(23-10-6-21(32)7-11-23)24-12-8-22(33)9-13-24;2-1(3,4)8(5,6)7/h1-20H;(H,5,6,7). The van der Waals surface area contributed by atoms with Gasteiger partial charge in [0.25, 0.3) is 0 Å². The maximum Gasteiger partial charge on any atom is 0.522 e. The molecule has 0 atom stereocenters. The lowest BCUT2D eigenvalue weighted by atomic mass is 10.3. The molecule has 44 heavy (non-hydrogen) atoms. The molecule has 0 heterocycles. The van der Waals surface area contributed by atoms with Crippen LogP contribution in [0.2, 0.25) is 5.02 Å². The van der Waals surface area contributed by atoms with Gasteiger partial charge in [-0.15, -0.1) is 0 Å². The monoisotopic (exact) mass is 698 g/mol. The van der Waals surface area contributed by atoms with Gasteiger partial charge in [0, 0.05) is 19.6 Å². The Morgan fingerprint density at radius 3 is 1.45 bits per heavy atom. The molecule has 228 valence electrons. The summed E-state index contributed by atoms with van der Waals surface area (Å²) in [5.41, 5.74) is -5.53. The summed E-state index contributed by atoms with van der Waals surface area (Å²) >= 11 is 9.91. The first-order valence-corrected chi connectivity index (χ1v) is 17.2. The third-order valence-electron chi connectivity index (χ3n) is 5.67. The van der Waals surface area contributed by atoms with Gasteiger partial charge in [-0.2, -0.15) is 21.6 Å². The van der Waals surface area contributed by atoms with Gasteiger partial charge in [0.15, 0.2) is 0 Å². The van der Waals surface area contributed by atoms with Crippen LogP contribution in [0, 0.1) is 11.6 Å². The largest absolute Gasteiger partial charge is 0.522 e. The Labute approximate surface area is 266 Å². The summed E-state index contributed by atoms with van der Waals surface area (Å²) in [7, 11) is -6.79. The van der Waals surface area contributed by atoms with Crippen LogP contribution in [0.25, 0.3) is 0 Å². The molecule has 13 heteroatoms. The molecule has 0 aromatic heterocycles. The third-order valence-corrected chi connectivity index (χ3v) is 11.2. The molecule has 0 saturated heterocycles. The van der Waals surface area contributed by atoms with Gasteiger partial charge in [-0.3, -0.25) is 4.55 Å². The highest BCUT2D eigenvalue weighted by Crippen LogP contribution is 2.38. The number of halogens is 6. The highest BCUT2D eigenvalue weighted by molar-refractivity contribution is 8.00. The maximum atomic E-state index is 13.6. The van der Waals surface area contributed by atoms with Crippen molar-refractivity contribution in [2.75, 3.05) is 0 Å². The number of hydrogen-bond donors (Lipinski definition) is 1. The normalized spacial score (nSPS) is 11.6. The van der Waals surface area contributed by atoms with Crippen molar-refractivity contribution < 1.29 is 34.9 Å². The molecule has 0 aliphatic heterocycles. The second kappa shape index (κ2) is 14.9. The molecule has 5 aromatic rings. The Hall–Kier alpha value is -2.92. The molecule has 0 amide bonds. The summed E-state index contributed by atoms with van der Waals surface area (Å²) in [5.74, 6) is -0.547. The molecular weight excluding hydrogens is 678 g/mol. The van der Waals surface area contributed by atoms with Crippen molar-refractivity contribution in [3.8, 4) is 0 Å². The van der Waals surface area contributed by atoms with E-state index in [0.717, 1.165) is 30.6 Å². The molecule has 0 unspecified atom stereocenters. The molecule has 0 spiro atoms. The molecule has 5 aromatic carbocycles. The SMILES string of the molecule is Fc1ccc(P(c2ccc(F)cc2)c2ccc(Sc3ccc(Sc4ccccc4)cc3Cl)cc2)cc1.O=S(=O)(O)C(F)(F)F. The van der Waals surface area contributed by atoms with Gasteiger partial charge in [0.1, 0.15) is 11.6 Å². The number of hydrogen-bond acceptors (Lipinski definition) is 4. The predicted molar refractivity (Wildman–Crippen MR) is 169 cm³/mol. The van der Waals surface area contributed by atoms with E-state index in [4.69, 9.17) is 24.6 Å². The van der Waals surface area contributed by atoms with Crippen molar-refractivity contribution in [3.05, 3.63) is 138 Å². The highest BCUT2D eigenvalue weighted by atomic mass is 35.5. The zero-order chi connectivity index (χ0) is 31.9. The van der Waals surface area contributed by atoms with Crippen LogP contribution in [-0.2, 0) is 10.1 Å². The predicted octanol–water partition coefficient (Wildman–Crippen LogP) is 9.07. The average Bonchev–Trinajstić information content (AvgIpc) is 2.97. The zero-order valence-corrected chi connectivity index (χ0v) is 26.4. The van der Waals surface area contributed by atoms with Crippen LogP contribution >= 0.6 is 43.0 Å². The van der Waals surface area contributed by atoms with Crippen molar-refractivity contribution in [3.63, 3.8) is 0 Å². The molecule has 0 saturated carbocycles. The Morgan fingerprint density at radius 1 is 0.614 bits per heavy atom. The summed E-state index contributed by atoms with van der Waals surface area (Å²) in [5, 5.41) is 3.83.